The molecule has 0 unspecified atom stereocenters. The Morgan fingerprint density at radius 3 is 2.52 bits per heavy atom. The Morgan fingerprint density at radius 1 is 1.11 bits per heavy atom. The van der Waals surface area contributed by atoms with Crippen molar-refractivity contribution in [1.29, 1.82) is 0 Å². The summed E-state index contributed by atoms with van der Waals surface area (Å²) in [5.74, 6) is -1.02. The molecule has 2 amide bonds. The van der Waals surface area contributed by atoms with Crippen LogP contribution in [-0.4, -0.2) is 54.8 Å². The van der Waals surface area contributed by atoms with Crippen LogP contribution >= 0.6 is 11.6 Å². The van der Waals surface area contributed by atoms with Crippen molar-refractivity contribution in [2.45, 2.75) is 6.54 Å². The maximum absolute atomic E-state index is 14.0. The lowest BCUT2D eigenvalue weighted by Crippen LogP contribution is -2.48. The number of nitrogens with one attached hydrogen (secondary N) is 1. The Morgan fingerprint density at radius 2 is 1.85 bits per heavy atom. The predicted octanol–water partition coefficient (Wildman–Crippen LogP) is 2.80. The SMILES string of the molecule is CNC(=O)c1cccc(CN2CCN(C(=O)c3ccc(Cl)cc3F)CC2)c1. The van der Waals surface area contributed by atoms with E-state index in [1.54, 1.807) is 18.0 Å². The van der Waals surface area contributed by atoms with Gasteiger partial charge in [-0.2, -0.15) is 0 Å². The summed E-state index contributed by atoms with van der Waals surface area (Å²) in [6.45, 7) is 3.12. The quantitative estimate of drug-likeness (QED) is 0.874. The molecular formula is C20H21ClFN3O2. The molecule has 142 valence electrons. The molecule has 0 aromatic heterocycles. The van der Waals surface area contributed by atoms with Gasteiger partial charge in [-0.1, -0.05) is 23.7 Å². The van der Waals surface area contributed by atoms with E-state index in [-0.39, 0.29) is 22.4 Å². The van der Waals surface area contributed by atoms with Crippen molar-refractivity contribution < 1.29 is 14.0 Å². The third-order valence-electron chi connectivity index (χ3n) is 4.64. The fourth-order valence-corrected chi connectivity index (χ4v) is 3.31. The molecule has 2 aromatic carbocycles. The molecule has 27 heavy (non-hydrogen) atoms. The lowest BCUT2D eigenvalue weighted by Gasteiger charge is -2.35. The van der Waals surface area contributed by atoms with Crippen LogP contribution in [0.15, 0.2) is 42.5 Å². The summed E-state index contributed by atoms with van der Waals surface area (Å²) in [5, 5.41) is 2.89. The molecular weight excluding hydrogens is 369 g/mol. The van der Waals surface area contributed by atoms with Crippen LogP contribution in [0.2, 0.25) is 5.02 Å². The second-order valence-electron chi connectivity index (χ2n) is 6.47. The zero-order valence-corrected chi connectivity index (χ0v) is 15.8. The molecule has 1 saturated heterocycles. The Hall–Kier alpha value is -2.44. The summed E-state index contributed by atoms with van der Waals surface area (Å²) in [6.07, 6.45) is 0. The summed E-state index contributed by atoms with van der Waals surface area (Å²) in [5.41, 5.74) is 1.72. The standard InChI is InChI=1S/C20H21ClFN3O2/c1-23-19(26)15-4-2-3-14(11-15)13-24-7-9-25(10-8-24)20(27)17-6-5-16(21)12-18(17)22/h2-6,11-12H,7-10,13H2,1H3,(H,23,26). The van der Waals surface area contributed by atoms with Crippen LogP contribution in [0.1, 0.15) is 26.3 Å². The van der Waals surface area contributed by atoms with Crippen molar-refractivity contribution in [3.05, 3.63) is 70.0 Å². The molecule has 0 spiro atoms. The van der Waals surface area contributed by atoms with E-state index in [1.165, 1.54) is 12.1 Å². The van der Waals surface area contributed by atoms with Gasteiger partial charge in [-0.3, -0.25) is 14.5 Å². The van der Waals surface area contributed by atoms with Crippen LogP contribution < -0.4 is 5.32 Å². The fourth-order valence-electron chi connectivity index (χ4n) is 3.16. The number of benzene rings is 2. The zero-order chi connectivity index (χ0) is 19.4. The molecule has 1 aliphatic heterocycles. The number of hydrogen-bond donors (Lipinski definition) is 1. The second kappa shape index (κ2) is 8.50. The second-order valence-corrected chi connectivity index (χ2v) is 6.91. The Labute approximate surface area is 162 Å². The molecule has 1 heterocycles. The van der Waals surface area contributed by atoms with E-state index in [9.17, 15) is 14.0 Å². The first-order valence-electron chi connectivity index (χ1n) is 8.75. The number of piperazine rings is 1. The molecule has 0 aliphatic carbocycles. The van der Waals surface area contributed by atoms with E-state index in [2.05, 4.69) is 10.2 Å². The molecule has 1 aliphatic rings. The molecule has 5 nitrogen and oxygen atoms in total. The first-order chi connectivity index (χ1) is 13.0. The highest BCUT2D eigenvalue weighted by Gasteiger charge is 2.24. The van der Waals surface area contributed by atoms with Gasteiger partial charge in [0.05, 0.1) is 5.56 Å². The highest BCUT2D eigenvalue weighted by atomic mass is 35.5. The van der Waals surface area contributed by atoms with Crippen LogP contribution in [0.3, 0.4) is 0 Å². The Bertz CT molecular complexity index is 851. The highest BCUT2D eigenvalue weighted by molar-refractivity contribution is 6.30. The van der Waals surface area contributed by atoms with Crippen molar-refractivity contribution in [3.8, 4) is 0 Å². The zero-order valence-electron chi connectivity index (χ0n) is 15.0. The van der Waals surface area contributed by atoms with E-state index in [0.717, 1.165) is 11.6 Å². The van der Waals surface area contributed by atoms with Crippen molar-refractivity contribution in [2.75, 3.05) is 33.2 Å². The summed E-state index contributed by atoms with van der Waals surface area (Å²) in [6, 6.07) is 11.6. The van der Waals surface area contributed by atoms with E-state index in [0.29, 0.717) is 38.3 Å². The summed E-state index contributed by atoms with van der Waals surface area (Å²) >= 11 is 5.75. The lowest BCUT2D eigenvalue weighted by atomic mass is 10.1. The van der Waals surface area contributed by atoms with E-state index < -0.39 is 5.82 Å². The number of hydrogen-bond acceptors (Lipinski definition) is 3. The molecule has 0 saturated carbocycles. The lowest BCUT2D eigenvalue weighted by molar-refractivity contribution is 0.0623. The van der Waals surface area contributed by atoms with E-state index >= 15 is 0 Å². The highest BCUT2D eigenvalue weighted by Crippen LogP contribution is 2.18. The molecule has 0 bridgehead atoms. The topological polar surface area (TPSA) is 52.7 Å². The maximum Gasteiger partial charge on any atom is 0.256 e. The van der Waals surface area contributed by atoms with Gasteiger partial charge in [0.1, 0.15) is 5.82 Å². The number of carbonyl (C=O) groups is 2. The third kappa shape index (κ3) is 4.64. The summed E-state index contributed by atoms with van der Waals surface area (Å²) in [7, 11) is 1.61. The number of halogens is 2. The summed E-state index contributed by atoms with van der Waals surface area (Å²) < 4.78 is 14.0. The van der Waals surface area contributed by atoms with E-state index in [1.807, 2.05) is 18.2 Å². The van der Waals surface area contributed by atoms with Crippen LogP contribution in [-0.2, 0) is 6.54 Å². The van der Waals surface area contributed by atoms with Gasteiger partial charge >= 0.3 is 0 Å². The minimum absolute atomic E-state index is 0.0473. The number of rotatable bonds is 4. The Kier molecular flexibility index (Phi) is 6.08. The number of carbonyl (C=O) groups excluding carboxylic acids is 2. The van der Waals surface area contributed by atoms with Crippen molar-refractivity contribution in [2.24, 2.45) is 0 Å². The van der Waals surface area contributed by atoms with Crippen LogP contribution in [0, 0.1) is 5.82 Å². The van der Waals surface area contributed by atoms with Crippen LogP contribution in [0.4, 0.5) is 4.39 Å². The average molecular weight is 390 g/mol. The van der Waals surface area contributed by atoms with Crippen molar-refractivity contribution in [3.63, 3.8) is 0 Å². The molecule has 0 radical (unpaired) electrons. The van der Waals surface area contributed by atoms with Crippen molar-refractivity contribution >= 4 is 23.4 Å². The van der Waals surface area contributed by atoms with Gasteiger partial charge in [0.25, 0.3) is 11.8 Å². The fraction of sp³-hybridized carbons (Fsp3) is 0.300. The number of nitrogens with zero attached hydrogens (tertiary/aromatic N) is 2. The molecule has 1 N–H and O–H groups in total. The number of amides is 2. The molecule has 7 heteroatoms. The molecule has 2 aromatic rings. The first kappa shape index (κ1) is 19.3. The van der Waals surface area contributed by atoms with E-state index in [4.69, 9.17) is 11.6 Å². The van der Waals surface area contributed by atoms with Crippen LogP contribution in [0.25, 0.3) is 0 Å². The smallest absolute Gasteiger partial charge is 0.256 e. The molecule has 3 rings (SSSR count). The monoisotopic (exact) mass is 389 g/mol. The normalized spacial score (nSPS) is 14.9. The predicted molar refractivity (Wildman–Crippen MR) is 102 cm³/mol. The summed E-state index contributed by atoms with van der Waals surface area (Å²) in [4.78, 5) is 28.2. The van der Waals surface area contributed by atoms with Gasteiger partial charge in [-0.05, 0) is 35.9 Å². The maximum atomic E-state index is 14.0. The van der Waals surface area contributed by atoms with Gasteiger partial charge in [0.2, 0.25) is 0 Å². The largest absolute Gasteiger partial charge is 0.355 e. The average Bonchev–Trinajstić information content (AvgIpc) is 2.67. The van der Waals surface area contributed by atoms with Crippen LogP contribution in [0.5, 0.6) is 0 Å². The minimum Gasteiger partial charge on any atom is -0.355 e. The Balaban J connectivity index is 1.59. The third-order valence-corrected chi connectivity index (χ3v) is 4.88. The van der Waals surface area contributed by atoms with Gasteiger partial charge in [0, 0.05) is 50.4 Å². The van der Waals surface area contributed by atoms with Gasteiger partial charge in [-0.25, -0.2) is 4.39 Å². The van der Waals surface area contributed by atoms with Gasteiger partial charge in [0.15, 0.2) is 0 Å². The first-order valence-corrected chi connectivity index (χ1v) is 9.13. The molecule has 0 atom stereocenters. The minimum atomic E-state index is -0.596. The van der Waals surface area contributed by atoms with Crippen molar-refractivity contribution in [1.82, 2.24) is 15.1 Å². The van der Waals surface area contributed by atoms with Gasteiger partial charge < -0.3 is 10.2 Å². The van der Waals surface area contributed by atoms with Gasteiger partial charge in [-0.15, -0.1) is 0 Å². The molecule has 1 fully saturated rings.